The number of aromatic nitrogens is 4. The second-order valence-electron chi connectivity index (χ2n) is 8.76. The molecule has 0 aliphatic heterocycles. The van der Waals surface area contributed by atoms with Gasteiger partial charge in [0.25, 0.3) is 0 Å². The smallest absolute Gasteiger partial charge is 0.491 e. The number of anilines is 1. The first-order valence-electron chi connectivity index (χ1n) is 12.7. The maximum absolute atomic E-state index is 12.7. The number of nitrogens with zero attached hydrogens (tertiary/aromatic N) is 3. The Labute approximate surface area is 233 Å². The van der Waals surface area contributed by atoms with E-state index in [0.717, 1.165) is 39.9 Å². The second kappa shape index (κ2) is 14.8. The second-order valence-corrected chi connectivity index (χ2v) is 9.55. The van der Waals surface area contributed by atoms with Crippen LogP contribution in [0.4, 0.5) is 18.9 Å². The van der Waals surface area contributed by atoms with Crippen molar-refractivity contribution < 1.29 is 32.1 Å². The summed E-state index contributed by atoms with van der Waals surface area (Å²) in [6, 6.07) is 8.32. The van der Waals surface area contributed by atoms with Crippen LogP contribution in [0.1, 0.15) is 18.4 Å². The normalized spacial score (nSPS) is 11.7. The molecule has 40 heavy (non-hydrogen) atoms. The largest absolute Gasteiger partial charge is 0.573 e. The van der Waals surface area contributed by atoms with Gasteiger partial charge in [-0.1, -0.05) is 4.49 Å². The topological polar surface area (TPSA) is 115 Å². The number of benzene rings is 2. The Bertz CT molecular complexity index is 1320. The molecule has 4 aromatic rings. The molecule has 2 aromatic heterocycles. The van der Waals surface area contributed by atoms with E-state index in [1.54, 1.807) is 18.5 Å². The number of alkyl halides is 3. The fourth-order valence-electron chi connectivity index (χ4n) is 3.93. The maximum Gasteiger partial charge on any atom is 0.573 e. The molecule has 10 nitrogen and oxygen atoms in total. The average Bonchev–Trinajstić information content (AvgIpc) is 3.61. The van der Waals surface area contributed by atoms with Crippen molar-refractivity contribution in [2.75, 3.05) is 51.9 Å². The molecule has 0 radical (unpaired) electrons. The first kappa shape index (κ1) is 29.5. The monoisotopic (exact) mass is 580 g/mol. The van der Waals surface area contributed by atoms with Crippen LogP contribution >= 0.6 is 11.5 Å². The SMILES string of the molecule is COCCOc1cc(CNCCCCOCCNc2cc(-c3cnns3)cc3[nH]ncc23)cc(OC(F)(F)F)c1. The Morgan fingerprint density at radius 3 is 2.62 bits per heavy atom. The highest BCUT2D eigenvalue weighted by Crippen LogP contribution is 2.31. The predicted molar refractivity (Wildman–Crippen MR) is 146 cm³/mol. The highest BCUT2D eigenvalue weighted by atomic mass is 32.1. The molecule has 0 amide bonds. The van der Waals surface area contributed by atoms with Gasteiger partial charge in [0.05, 0.1) is 36.0 Å². The Morgan fingerprint density at radius 1 is 0.950 bits per heavy atom. The summed E-state index contributed by atoms with van der Waals surface area (Å²) in [6.07, 6.45) is 0.439. The van der Waals surface area contributed by atoms with Crippen molar-refractivity contribution in [2.24, 2.45) is 0 Å². The number of nitrogens with one attached hydrogen (secondary N) is 3. The summed E-state index contributed by atoms with van der Waals surface area (Å²) >= 11 is 1.33. The number of ether oxygens (including phenoxy) is 4. The van der Waals surface area contributed by atoms with Crippen LogP contribution in [0.2, 0.25) is 0 Å². The molecule has 0 bridgehead atoms. The minimum absolute atomic E-state index is 0.221. The van der Waals surface area contributed by atoms with E-state index >= 15 is 0 Å². The zero-order valence-electron chi connectivity index (χ0n) is 21.9. The summed E-state index contributed by atoms with van der Waals surface area (Å²) in [6.45, 7) is 3.37. The highest BCUT2D eigenvalue weighted by Gasteiger charge is 2.31. The molecule has 0 spiro atoms. The summed E-state index contributed by atoms with van der Waals surface area (Å²) in [4.78, 5) is 0.975. The third-order valence-corrected chi connectivity index (χ3v) is 6.43. The van der Waals surface area contributed by atoms with E-state index in [0.29, 0.717) is 50.8 Å². The summed E-state index contributed by atoms with van der Waals surface area (Å²) in [7, 11) is 1.52. The fourth-order valence-corrected chi connectivity index (χ4v) is 4.43. The van der Waals surface area contributed by atoms with Gasteiger partial charge in [0.2, 0.25) is 0 Å². The van der Waals surface area contributed by atoms with Gasteiger partial charge < -0.3 is 29.6 Å². The molecule has 2 aromatic carbocycles. The van der Waals surface area contributed by atoms with Crippen LogP contribution in [0.5, 0.6) is 11.5 Å². The van der Waals surface area contributed by atoms with Gasteiger partial charge >= 0.3 is 6.36 Å². The molecule has 0 fully saturated rings. The summed E-state index contributed by atoms with van der Waals surface area (Å²) in [5, 5.41) is 18.7. The van der Waals surface area contributed by atoms with Gasteiger partial charge in [-0.2, -0.15) is 5.10 Å². The number of unbranched alkanes of at least 4 members (excludes halogenated alkanes) is 1. The number of hydrogen-bond acceptors (Lipinski definition) is 10. The first-order chi connectivity index (χ1) is 19.4. The number of aromatic amines is 1. The van der Waals surface area contributed by atoms with Crippen molar-refractivity contribution >= 4 is 28.1 Å². The van der Waals surface area contributed by atoms with E-state index in [1.165, 1.54) is 30.8 Å². The number of halogens is 3. The van der Waals surface area contributed by atoms with E-state index < -0.39 is 6.36 Å². The van der Waals surface area contributed by atoms with Gasteiger partial charge in [0.1, 0.15) is 18.1 Å². The minimum atomic E-state index is -4.78. The molecular formula is C26H31F3N6O4S. The Morgan fingerprint density at radius 2 is 1.82 bits per heavy atom. The molecule has 2 heterocycles. The predicted octanol–water partition coefficient (Wildman–Crippen LogP) is 5.00. The molecular weight excluding hydrogens is 549 g/mol. The van der Waals surface area contributed by atoms with Crippen molar-refractivity contribution in [3.8, 4) is 21.9 Å². The van der Waals surface area contributed by atoms with Crippen molar-refractivity contribution in [1.82, 2.24) is 25.1 Å². The van der Waals surface area contributed by atoms with Gasteiger partial charge in [-0.15, -0.1) is 18.3 Å². The van der Waals surface area contributed by atoms with Crippen LogP contribution in [0.15, 0.2) is 42.7 Å². The van der Waals surface area contributed by atoms with Gasteiger partial charge in [0.15, 0.2) is 0 Å². The Balaban J connectivity index is 1.14. The standard InChI is InChI=1S/C26H31F3N6O4S/c1-36-8-9-38-20-10-18(11-21(14-20)39-26(27,28)29)15-30-4-2-3-6-37-7-5-31-23-12-19(25-17-33-35-40-25)13-24-22(23)16-32-34-24/h10-14,16-17,30-31H,2-9,15H2,1H3,(H,32,34). The van der Waals surface area contributed by atoms with E-state index in [-0.39, 0.29) is 12.4 Å². The lowest BCUT2D eigenvalue weighted by molar-refractivity contribution is -0.274. The summed E-state index contributed by atoms with van der Waals surface area (Å²) in [5.74, 6) is -0.0274. The maximum atomic E-state index is 12.7. The average molecular weight is 581 g/mol. The van der Waals surface area contributed by atoms with Crippen LogP contribution in [0.25, 0.3) is 21.3 Å². The minimum Gasteiger partial charge on any atom is -0.491 e. The molecule has 0 atom stereocenters. The van der Waals surface area contributed by atoms with E-state index in [4.69, 9.17) is 14.2 Å². The molecule has 0 saturated carbocycles. The summed E-state index contributed by atoms with van der Waals surface area (Å²) < 4.78 is 62.2. The third kappa shape index (κ3) is 9.33. The zero-order valence-corrected chi connectivity index (χ0v) is 22.7. The van der Waals surface area contributed by atoms with Crippen molar-refractivity contribution in [1.29, 1.82) is 0 Å². The van der Waals surface area contributed by atoms with E-state index in [2.05, 4.69) is 41.2 Å². The van der Waals surface area contributed by atoms with Crippen molar-refractivity contribution in [3.05, 3.63) is 48.3 Å². The Hall–Kier alpha value is -3.46. The molecule has 3 N–H and O–H groups in total. The molecule has 0 unspecified atom stereocenters. The number of methoxy groups -OCH3 is 1. The summed E-state index contributed by atoms with van der Waals surface area (Å²) in [5.41, 5.74) is 3.52. The van der Waals surface area contributed by atoms with Gasteiger partial charge in [-0.25, -0.2) is 0 Å². The number of fused-ring (bicyclic) bond motifs is 1. The number of hydrogen-bond donors (Lipinski definition) is 3. The van der Waals surface area contributed by atoms with Gasteiger partial charge in [-0.3, -0.25) is 5.10 Å². The van der Waals surface area contributed by atoms with Crippen molar-refractivity contribution in [2.45, 2.75) is 25.7 Å². The Kier molecular flexibility index (Phi) is 10.9. The van der Waals surface area contributed by atoms with Crippen molar-refractivity contribution in [3.63, 3.8) is 0 Å². The molecule has 0 aliphatic rings. The lowest BCUT2D eigenvalue weighted by atomic mass is 10.1. The molecule has 14 heteroatoms. The quantitative estimate of drug-likeness (QED) is 0.148. The van der Waals surface area contributed by atoms with Crippen LogP contribution < -0.4 is 20.1 Å². The van der Waals surface area contributed by atoms with Crippen LogP contribution in [0, 0.1) is 0 Å². The molecule has 0 saturated heterocycles. The zero-order chi connectivity index (χ0) is 28.2. The van der Waals surface area contributed by atoms with E-state index in [9.17, 15) is 13.2 Å². The number of H-pyrrole nitrogens is 1. The molecule has 216 valence electrons. The van der Waals surface area contributed by atoms with Crippen LogP contribution in [-0.4, -0.2) is 72.8 Å². The van der Waals surface area contributed by atoms with E-state index in [1.807, 2.05) is 6.07 Å². The van der Waals surface area contributed by atoms with Gasteiger partial charge in [0, 0.05) is 43.9 Å². The lowest BCUT2D eigenvalue weighted by Crippen LogP contribution is -2.18. The molecule has 0 aliphatic carbocycles. The highest BCUT2D eigenvalue weighted by molar-refractivity contribution is 7.09. The van der Waals surface area contributed by atoms with Crippen LogP contribution in [0.3, 0.4) is 0 Å². The third-order valence-electron chi connectivity index (χ3n) is 5.72. The van der Waals surface area contributed by atoms with Gasteiger partial charge in [-0.05, 0) is 66.3 Å². The molecule has 4 rings (SSSR count). The number of rotatable bonds is 17. The first-order valence-corrected chi connectivity index (χ1v) is 13.5. The lowest BCUT2D eigenvalue weighted by Gasteiger charge is -2.14. The van der Waals surface area contributed by atoms with Crippen LogP contribution in [-0.2, 0) is 16.0 Å². The fraction of sp³-hybridized carbons (Fsp3) is 0.423.